The minimum Gasteiger partial charge on any atom is -0.369 e. The summed E-state index contributed by atoms with van der Waals surface area (Å²) in [5.41, 5.74) is 5.47. The molecule has 9 nitrogen and oxygen atoms in total. The second-order valence-corrected chi connectivity index (χ2v) is 5.53. The van der Waals surface area contributed by atoms with Gasteiger partial charge in [0.05, 0.1) is 28.1 Å². The van der Waals surface area contributed by atoms with E-state index in [-0.39, 0.29) is 17.0 Å². The molecular formula is C14H15N5O4. The van der Waals surface area contributed by atoms with Crippen molar-refractivity contribution >= 4 is 28.2 Å². The Bertz CT molecular complexity index is 847. The van der Waals surface area contributed by atoms with E-state index in [2.05, 4.69) is 9.97 Å². The molecule has 120 valence electrons. The topological polar surface area (TPSA) is 135 Å². The molecule has 3 rings (SSSR count). The van der Waals surface area contributed by atoms with Gasteiger partial charge in [-0.05, 0) is 18.9 Å². The highest BCUT2D eigenvalue weighted by Gasteiger charge is 2.29. The molecule has 1 aliphatic heterocycles. The third-order valence-electron chi connectivity index (χ3n) is 4.10. The smallest absolute Gasteiger partial charge is 0.293 e. The zero-order valence-electron chi connectivity index (χ0n) is 12.2. The number of anilines is 1. The summed E-state index contributed by atoms with van der Waals surface area (Å²) < 4.78 is 0. The van der Waals surface area contributed by atoms with Gasteiger partial charge in [-0.2, -0.15) is 0 Å². The number of nitro groups is 1. The Morgan fingerprint density at radius 3 is 2.96 bits per heavy atom. The van der Waals surface area contributed by atoms with Crippen LogP contribution in [0.5, 0.6) is 0 Å². The van der Waals surface area contributed by atoms with Crippen LogP contribution in [0.3, 0.4) is 0 Å². The summed E-state index contributed by atoms with van der Waals surface area (Å²) in [6, 6.07) is 2.75. The summed E-state index contributed by atoms with van der Waals surface area (Å²) >= 11 is 0. The highest BCUT2D eigenvalue weighted by molar-refractivity contribution is 5.87. The third kappa shape index (κ3) is 2.72. The number of rotatable bonds is 3. The maximum atomic E-state index is 11.8. The van der Waals surface area contributed by atoms with Crippen LogP contribution in [0.15, 0.2) is 23.3 Å². The quantitative estimate of drug-likeness (QED) is 0.626. The molecule has 1 amide bonds. The molecule has 0 radical (unpaired) electrons. The van der Waals surface area contributed by atoms with Crippen LogP contribution in [0.2, 0.25) is 0 Å². The van der Waals surface area contributed by atoms with Crippen molar-refractivity contribution in [2.45, 2.75) is 12.8 Å². The second kappa shape index (κ2) is 5.67. The van der Waals surface area contributed by atoms with Gasteiger partial charge in [-0.3, -0.25) is 19.7 Å². The molecule has 9 heteroatoms. The second-order valence-electron chi connectivity index (χ2n) is 5.53. The van der Waals surface area contributed by atoms with Crippen LogP contribution >= 0.6 is 0 Å². The fourth-order valence-corrected chi connectivity index (χ4v) is 2.92. The number of hydrogen-bond acceptors (Lipinski definition) is 6. The standard InChI is InChI=1S/C14H15N5O4/c15-13(20)8-2-1-3-18(6-8)11-5-10-9(4-12(11)19(22)23)14(21)17-7-16-10/h4-5,7-8H,1-3,6H2,(H2,15,20)(H,16,17,21). The fourth-order valence-electron chi connectivity index (χ4n) is 2.92. The predicted molar refractivity (Wildman–Crippen MR) is 83.1 cm³/mol. The van der Waals surface area contributed by atoms with Crippen molar-refractivity contribution in [1.82, 2.24) is 9.97 Å². The van der Waals surface area contributed by atoms with Crippen molar-refractivity contribution in [1.29, 1.82) is 0 Å². The molecule has 0 bridgehead atoms. The maximum absolute atomic E-state index is 11.8. The number of nitrogens with one attached hydrogen (secondary N) is 1. The summed E-state index contributed by atoms with van der Waals surface area (Å²) in [7, 11) is 0. The van der Waals surface area contributed by atoms with E-state index in [9.17, 15) is 19.7 Å². The van der Waals surface area contributed by atoms with Crippen LogP contribution < -0.4 is 16.2 Å². The average Bonchev–Trinajstić information content (AvgIpc) is 2.54. The highest BCUT2D eigenvalue weighted by atomic mass is 16.6. The number of carbonyl (C=O) groups excluding carboxylic acids is 1. The highest BCUT2D eigenvalue weighted by Crippen LogP contribution is 2.33. The molecule has 0 aliphatic carbocycles. The lowest BCUT2D eigenvalue weighted by Gasteiger charge is -2.32. The lowest BCUT2D eigenvalue weighted by Crippen LogP contribution is -2.41. The SMILES string of the molecule is NC(=O)C1CCCN(c2cc3nc[nH]c(=O)c3cc2[N+](=O)[O-])C1. The summed E-state index contributed by atoms with van der Waals surface area (Å²) in [4.78, 5) is 42.3. The fraction of sp³-hybridized carbons (Fsp3) is 0.357. The van der Waals surface area contributed by atoms with E-state index in [0.29, 0.717) is 37.1 Å². The van der Waals surface area contributed by atoms with E-state index < -0.39 is 16.4 Å². The molecule has 0 spiro atoms. The van der Waals surface area contributed by atoms with Crippen molar-refractivity contribution in [2.24, 2.45) is 11.7 Å². The van der Waals surface area contributed by atoms with Crippen LogP contribution in [-0.4, -0.2) is 33.9 Å². The number of H-pyrrole nitrogens is 1. The number of benzene rings is 1. The van der Waals surface area contributed by atoms with Gasteiger partial charge in [0.25, 0.3) is 11.2 Å². The molecule has 1 aliphatic rings. The molecule has 1 aromatic heterocycles. The van der Waals surface area contributed by atoms with E-state index in [0.717, 1.165) is 0 Å². The Hall–Kier alpha value is -2.97. The van der Waals surface area contributed by atoms with E-state index >= 15 is 0 Å². The van der Waals surface area contributed by atoms with Gasteiger partial charge in [0.2, 0.25) is 5.91 Å². The van der Waals surface area contributed by atoms with Crippen LogP contribution in [0.1, 0.15) is 12.8 Å². The summed E-state index contributed by atoms with van der Waals surface area (Å²) in [5.74, 6) is -0.751. The molecule has 1 fully saturated rings. The molecule has 2 aromatic rings. The minimum absolute atomic E-state index is 0.159. The Balaban J connectivity index is 2.12. The van der Waals surface area contributed by atoms with Gasteiger partial charge in [0.15, 0.2) is 0 Å². The van der Waals surface area contributed by atoms with Crippen molar-refractivity contribution in [2.75, 3.05) is 18.0 Å². The van der Waals surface area contributed by atoms with Gasteiger partial charge in [0.1, 0.15) is 5.69 Å². The van der Waals surface area contributed by atoms with Gasteiger partial charge >= 0.3 is 0 Å². The molecule has 1 atom stereocenters. The van der Waals surface area contributed by atoms with Crippen molar-refractivity contribution < 1.29 is 9.72 Å². The number of piperidine rings is 1. The predicted octanol–water partition coefficient (Wildman–Crippen LogP) is 0.533. The first-order valence-corrected chi connectivity index (χ1v) is 7.17. The number of aromatic nitrogens is 2. The van der Waals surface area contributed by atoms with E-state index in [1.165, 1.54) is 18.5 Å². The van der Waals surface area contributed by atoms with Crippen molar-refractivity contribution in [3.63, 3.8) is 0 Å². The zero-order chi connectivity index (χ0) is 16.6. The first-order chi connectivity index (χ1) is 11.0. The number of aromatic amines is 1. The maximum Gasteiger partial charge on any atom is 0.293 e. The number of carbonyl (C=O) groups is 1. The van der Waals surface area contributed by atoms with Crippen LogP contribution in [0, 0.1) is 16.0 Å². The Labute approximate surface area is 130 Å². The van der Waals surface area contributed by atoms with Gasteiger partial charge in [-0.1, -0.05) is 0 Å². The van der Waals surface area contributed by atoms with Gasteiger partial charge in [0, 0.05) is 19.2 Å². The van der Waals surface area contributed by atoms with Crippen molar-refractivity contribution in [3.05, 3.63) is 38.9 Å². The molecule has 23 heavy (non-hydrogen) atoms. The lowest BCUT2D eigenvalue weighted by atomic mass is 9.96. The van der Waals surface area contributed by atoms with Gasteiger partial charge < -0.3 is 15.6 Å². The van der Waals surface area contributed by atoms with Gasteiger partial charge in [-0.25, -0.2) is 4.98 Å². The molecule has 1 unspecified atom stereocenters. The summed E-state index contributed by atoms with van der Waals surface area (Å²) in [5, 5.41) is 11.5. The van der Waals surface area contributed by atoms with Crippen LogP contribution in [-0.2, 0) is 4.79 Å². The molecule has 3 N–H and O–H groups in total. The Morgan fingerprint density at radius 2 is 2.26 bits per heavy atom. The molecule has 2 heterocycles. The Kier molecular flexibility index (Phi) is 3.68. The van der Waals surface area contributed by atoms with E-state index in [1.807, 2.05) is 0 Å². The Morgan fingerprint density at radius 1 is 1.48 bits per heavy atom. The largest absolute Gasteiger partial charge is 0.369 e. The summed E-state index contributed by atoms with van der Waals surface area (Å²) in [6.45, 7) is 0.907. The lowest BCUT2D eigenvalue weighted by molar-refractivity contribution is -0.384. The zero-order valence-corrected chi connectivity index (χ0v) is 12.2. The number of nitro benzene ring substituents is 1. The monoisotopic (exact) mass is 317 g/mol. The van der Waals surface area contributed by atoms with E-state index in [1.54, 1.807) is 4.90 Å². The number of hydrogen-bond donors (Lipinski definition) is 2. The molecular weight excluding hydrogens is 302 g/mol. The third-order valence-corrected chi connectivity index (χ3v) is 4.10. The first kappa shape index (κ1) is 14.9. The number of nitrogens with zero attached hydrogens (tertiary/aromatic N) is 3. The normalized spacial score (nSPS) is 18.1. The first-order valence-electron chi connectivity index (χ1n) is 7.17. The van der Waals surface area contributed by atoms with E-state index in [4.69, 9.17) is 5.73 Å². The summed E-state index contributed by atoms with van der Waals surface area (Å²) in [6.07, 6.45) is 2.64. The number of nitrogens with two attached hydrogens (primary N) is 1. The number of primary amides is 1. The number of amides is 1. The number of fused-ring (bicyclic) bond motifs is 1. The molecule has 1 aromatic carbocycles. The van der Waals surface area contributed by atoms with Crippen LogP contribution in [0.25, 0.3) is 10.9 Å². The molecule has 1 saturated heterocycles. The van der Waals surface area contributed by atoms with Crippen LogP contribution in [0.4, 0.5) is 11.4 Å². The minimum atomic E-state index is -0.533. The van der Waals surface area contributed by atoms with Gasteiger partial charge in [-0.15, -0.1) is 0 Å². The molecule has 0 saturated carbocycles. The van der Waals surface area contributed by atoms with Crippen molar-refractivity contribution in [3.8, 4) is 0 Å². The average molecular weight is 317 g/mol.